The van der Waals surface area contributed by atoms with E-state index in [9.17, 15) is 4.79 Å². The van der Waals surface area contributed by atoms with Gasteiger partial charge in [0.05, 0.1) is 5.69 Å². The number of nitrogens with one attached hydrogen (secondary N) is 1. The van der Waals surface area contributed by atoms with Gasteiger partial charge < -0.3 is 5.32 Å². The number of hydrogen-bond acceptors (Lipinski definition) is 5. The molecule has 1 amide bonds. The van der Waals surface area contributed by atoms with Gasteiger partial charge in [-0.25, -0.2) is 0 Å². The van der Waals surface area contributed by atoms with Gasteiger partial charge in [0.2, 0.25) is 11.1 Å². The topological polar surface area (TPSA) is 72.7 Å². The molecular weight excluding hydrogens is 358 g/mol. The number of aromatic nitrogens is 4. The predicted molar refractivity (Wildman–Crippen MR) is 105 cm³/mol. The molecule has 0 radical (unpaired) electrons. The highest BCUT2D eigenvalue weighted by Gasteiger charge is 2.30. The maximum atomic E-state index is 12.9. The van der Waals surface area contributed by atoms with Crippen molar-refractivity contribution in [1.82, 2.24) is 25.5 Å². The Morgan fingerprint density at radius 2 is 1.85 bits per heavy atom. The third-order valence-corrected chi connectivity index (χ3v) is 5.57. The minimum atomic E-state index is -0.401. The summed E-state index contributed by atoms with van der Waals surface area (Å²) >= 11 is 1.37. The fourth-order valence-corrected chi connectivity index (χ4v) is 4.00. The number of tetrazole rings is 1. The average molecular weight is 379 g/mol. The van der Waals surface area contributed by atoms with E-state index in [2.05, 4.69) is 26.9 Å². The Labute approximate surface area is 162 Å². The van der Waals surface area contributed by atoms with Crippen molar-refractivity contribution in [3.63, 3.8) is 0 Å². The zero-order chi connectivity index (χ0) is 18.8. The lowest BCUT2D eigenvalue weighted by Crippen LogP contribution is -2.29. The van der Waals surface area contributed by atoms with Crippen LogP contribution >= 0.6 is 11.8 Å². The summed E-state index contributed by atoms with van der Waals surface area (Å²) in [6.07, 6.45) is 2.11. The number of amides is 1. The molecule has 1 heterocycles. The number of thioether (sulfide) groups is 1. The van der Waals surface area contributed by atoms with Crippen molar-refractivity contribution in [3.8, 4) is 5.69 Å². The molecule has 0 aliphatic heterocycles. The largest absolute Gasteiger partial charge is 0.352 e. The second-order valence-electron chi connectivity index (χ2n) is 6.91. The van der Waals surface area contributed by atoms with E-state index in [0.717, 1.165) is 35.2 Å². The van der Waals surface area contributed by atoms with Gasteiger partial charge in [-0.3, -0.25) is 4.79 Å². The maximum Gasteiger partial charge on any atom is 0.238 e. The fourth-order valence-electron chi connectivity index (χ4n) is 3.00. The van der Waals surface area contributed by atoms with E-state index in [0.29, 0.717) is 11.2 Å². The van der Waals surface area contributed by atoms with Crippen LogP contribution in [-0.2, 0) is 4.79 Å². The molecule has 2 aromatic carbocycles. The van der Waals surface area contributed by atoms with Gasteiger partial charge in [0.1, 0.15) is 5.25 Å². The predicted octanol–water partition coefficient (Wildman–Crippen LogP) is 3.39. The van der Waals surface area contributed by atoms with Crippen LogP contribution in [0.1, 0.15) is 34.8 Å². The Kier molecular flexibility index (Phi) is 4.94. The fraction of sp³-hybridized carbons (Fsp3) is 0.300. The minimum Gasteiger partial charge on any atom is -0.352 e. The number of nitrogens with zero attached hydrogens (tertiary/aromatic N) is 4. The smallest absolute Gasteiger partial charge is 0.238 e. The molecule has 27 heavy (non-hydrogen) atoms. The van der Waals surface area contributed by atoms with Crippen molar-refractivity contribution >= 4 is 17.7 Å². The van der Waals surface area contributed by atoms with E-state index in [1.807, 2.05) is 56.3 Å². The van der Waals surface area contributed by atoms with Gasteiger partial charge in [-0.05, 0) is 65.9 Å². The molecule has 1 atom stereocenters. The van der Waals surface area contributed by atoms with Gasteiger partial charge in [-0.1, -0.05) is 48.2 Å². The standard InChI is InChI=1S/C20H21N5OS/c1-13-10-14(2)12-17(11-13)25-20(22-23-24-25)27-18(15-6-4-3-5-7-15)19(26)21-16-8-9-16/h3-7,10-12,16,18H,8-9H2,1-2H3,(H,21,26)/t18-/m0/s1. The number of rotatable bonds is 6. The summed E-state index contributed by atoms with van der Waals surface area (Å²) in [6.45, 7) is 4.09. The van der Waals surface area contributed by atoms with Crippen LogP contribution < -0.4 is 5.32 Å². The van der Waals surface area contributed by atoms with Crippen molar-refractivity contribution in [2.75, 3.05) is 0 Å². The highest BCUT2D eigenvalue weighted by atomic mass is 32.2. The summed E-state index contributed by atoms with van der Waals surface area (Å²) in [6, 6.07) is 16.3. The average Bonchev–Trinajstić information content (AvgIpc) is 3.33. The van der Waals surface area contributed by atoms with Crippen LogP contribution in [0.5, 0.6) is 0 Å². The number of hydrogen-bond donors (Lipinski definition) is 1. The molecule has 0 saturated heterocycles. The normalized spacial score (nSPS) is 14.7. The van der Waals surface area contributed by atoms with Gasteiger partial charge >= 0.3 is 0 Å². The summed E-state index contributed by atoms with van der Waals surface area (Å²) in [7, 11) is 0. The number of carbonyl (C=O) groups is 1. The first-order valence-electron chi connectivity index (χ1n) is 8.99. The molecule has 4 rings (SSSR count). The Hall–Kier alpha value is -2.67. The summed E-state index contributed by atoms with van der Waals surface area (Å²) in [4.78, 5) is 12.9. The molecule has 3 aromatic rings. The van der Waals surface area contributed by atoms with Crippen LogP contribution in [0.4, 0.5) is 0 Å². The second kappa shape index (κ2) is 7.52. The summed E-state index contributed by atoms with van der Waals surface area (Å²) < 4.78 is 1.70. The molecule has 0 bridgehead atoms. The van der Waals surface area contributed by atoms with E-state index in [4.69, 9.17) is 0 Å². The van der Waals surface area contributed by atoms with Crippen molar-refractivity contribution in [3.05, 3.63) is 65.2 Å². The molecule has 138 valence electrons. The highest BCUT2D eigenvalue weighted by molar-refractivity contribution is 8.00. The van der Waals surface area contributed by atoms with Crippen molar-refractivity contribution in [2.24, 2.45) is 0 Å². The van der Waals surface area contributed by atoms with E-state index in [-0.39, 0.29) is 5.91 Å². The lowest BCUT2D eigenvalue weighted by Gasteiger charge is -2.16. The molecule has 1 saturated carbocycles. The minimum absolute atomic E-state index is 0.00340. The third-order valence-electron chi connectivity index (χ3n) is 4.38. The summed E-state index contributed by atoms with van der Waals surface area (Å²) in [5, 5.41) is 15.5. The Morgan fingerprint density at radius 1 is 1.15 bits per heavy atom. The molecule has 1 fully saturated rings. The first-order chi connectivity index (χ1) is 13.1. The zero-order valence-corrected chi connectivity index (χ0v) is 16.1. The Bertz CT molecular complexity index is 932. The van der Waals surface area contributed by atoms with Crippen molar-refractivity contribution < 1.29 is 4.79 Å². The molecule has 0 unspecified atom stereocenters. The van der Waals surface area contributed by atoms with Crippen LogP contribution in [-0.4, -0.2) is 32.2 Å². The molecule has 1 aromatic heterocycles. The van der Waals surface area contributed by atoms with E-state index in [1.54, 1.807) is 4.68 Å². The van der Waals surface area contributed by atoms with E-state index < -0.39 is 5.25 Å². The van der Waals surface area contributed by atoms with Gasteiger partial charge in [-0.15, -0.1) is 5.10 Å². The first-order valence-corrected chi connectivity index (χ1v) is 9.87. The molecular formula is C20H21N5OS. The van der Waals surface area contributed by atoms with Gasteiger partial charge in [-0.2, -0.15) is 4.68 Å². The van der Waals surface area contributed by atoms with Crippen molar-refractivity contribution in [1.29, 1.82) is 0 Å². The zero-order valence-electron chi connectivity index (χ0n) is 15.3. The summed E-state index contributed by atoms with van der Waals surface area (Å²) in [5.41, 5.74) is 4.12. The van der Waals surface area contributed by atoms with Crippen LogP contribution in [0.2, 0.25) is 0 Å². The monoisotopic (exact) mass is 379 g/mol. The third kappa shape index (κ3) is 4.19. The van der Waals surface area contributed by atoms with Crippen LogP contribution in [0, 0.1) is 13.8 Å². The van der Waals surface area contributed by atoms with Crippen LogP contribution in [0.3, 0.4) is 0 Å². The first kappa shape index (κ1) is 17.7. The van der Waals surface area contributed by atoms with Crippen molar-refractivity contribution in [2.45, 2.75) is 43.1 Å². The Balaban J connectivity index is 1.65. The van der Waals surface area contributed by atoms with Crippen LogP contribution in [0.15, 0.2) is 53.7 Å². The lowest BCUT2D eigenvalue weighted by molar-refractivity contribution is -0.120. The maximum absolute atomic E-state index is 12.9. The van der Waals surface area contributed by atoms with E-state index in [1.165, 1.54) is 11.8 Å². The second-order valence-corrected chi connectivity index (χ2v) is 7.98. The number of aryl methyl sites for hydroxylation is 2. The van der Waals surface area contributed by atoms with Gasteiger partial charge in [0.15, 0.2) is 0 Å². The molecule has 1 N–H and O–H groups in total. The molecule has 7 heteroatoms. The number of carbonyl (C=O) groups excluding carboxylic acids is 1. The SMILES string of the molecule is Cc1cc(C)cc(-n2nnnc2S[C@H](C(=O)NC2CC2)c2ccccc2)c1. The van der Waals surface area contributed by atoms with Gasteiger partial charge in [0.25, 0.3) is 0 Å². The van der Waals surface area contributed by atoms with Crippen LogP contribution in [0.25, 0.3) is 5.69 Å². The highest BCUT2D eigenvalue weighted by Crippen LogP contribution is 2.36. The molecule has 1 aliphatic rings. The van der Waals surface area contributed by atoms with Gasteiger partial charge in [0, 0.05) is 6.04 Å². The summed E-state index contributed by atoms with van der Waals surface area (Å²) in [5.74, 6) is 0.00340. The Morgan fingerprint density at radius 3 is 2.52 bits per heavy atom. The van der Waals surface area contributed by atoms with E-state index >= 15 is 0 Å². The molecule has 1 aliphatic carbocycles. The lowest BCUT2D eigenvalue weighted by atomic mass is 10.1. The molecule has 6 nitrogen and oxygen atoms in total. The quantitative estimate of drug-likeness (QED) is 0.665. The molecule has 0 spiro atoms. The number of benzene rings is 2.